The number of hydrogen-bond acceptors (Lipinski definition) is 3. The van der Waals surface area contributed by atoms with E-state index in [1.807, 2.05) is 23.5 Å². The highest BCUT2D eigenvalue weighted by Crippen LogP contribution is 2.45. The molecule has 2 heterocycles. The Morgan fingerprint density at radius 1 is 0.358 bits per heavy atom. The molecule has 11 rings (SSSR count). The molecule has 53 heavy (non-hydrogen) atoms. The van der Waals surface area contributed by atoms with Crippen LogP contribution < -0.4 is 4.90 Å². The van der Waals surface area contributed by atoms with Gasteiger partial charge in [-0.3, -0.25) is 0 Å². The molecule has 3 heteroatoms. The summed E-state index contributed by atoms with van der Waals surface area (Å²) in [6.45, 7) is 0. The lowest BCUT2D eigenvalue weighted by Gasteiger charge is -2.26. The average molecular weight is 694 g/mol. The number of rotatable bonds is 5. The normalized spacial score (nSPS) is 11.8. The van der Waals surface area contributed by atoms with Gasteiger partial charge in [-0.05, 0) is 111 Å². The van der Waals surface area contributed by atoms with Crippen molar-refractivity contribution in [3.63, 3.8) is 0 Å². The minimum absolute atomic E-state index is 0.890. The van der Waals surface area contributed by atoms with Crippen LogP contribution in [0.1, 0.15) is 0 Å². The maximum atomic E-state index is 6.24. The smallest absolute Gasteiger partial charge is 0.135 e. The molecule has 0 unspecified atom stereocenters. The summed E-state index contributed by atoms with van der Waals surface area (Å²) in [5.41, 5.74) is 9.96. The van der Waals surface area contributed by atoms with E-state index in [-0.39, 0.29) is 0 Å². The van der Waals surface area contributed by atoms with Crippen LogP contribution in [-0.2, 0) is 0 Å². The number of fused-ring (bicyclic) bond motifs is 9. The fraction of sp³-hybridized carbons (Fsp3) is 0. The number of benzene rings is 9. The summed E-state index contributed by atoms with van der Waals surface area (Å²) in [6.07, 6.45) is 0. The summed E-state index contributed by atoms with van der Waals surface area (Å²) < 4.78 is 8.81. The van der Waals surface area contributed by atoms with Crippen molar-refractivity contribution in [3.8, 4) is 22.3 Å². The van der Waals surface area contributed by atoms with Crippen molar-refractivity contribution in [2.75, 3.05) is 4.90 Å². The maximum absolute atomic E-state index is 6.24. The summed E-state index contributed by atoms with van der Waals surface area (Å²) in [5, 5.41) is 9.89. The highest BCUT2D eigenvalue weighted by atomic mass is 32.1. The molecule has 0 radical (unpaired) electrons. The van der Waals surface area contributed by atoms with Crippen LogP contribution in [-0.4, -0.2) is 0 Å². The lowest BCUT2D eigenvalue weighted by atomic mass is 9.95. The van der Waals surface area contributed by atoms with E-state index in [1.165, 1.54) is 64.0 Å². The summed E-state index contributed by atoms with van der Waals surface area (Å²) >= 11 is 1.86. The van der Waals surface area contributed by atoms with Gasteiger partial charge < -0.3 is 9.32 Å². The van der Waals surface area contributed by atoms with Crippen molar-refractivity contribution in [2.24, 2.45) is 0 Å². The van der Waals surface area contributed by atoms with Gasteiger partial charge in [-0.15, -0.1) is 11.3 Å². The second kappa shape index (κ2) is 11.9. The zero-order chi connectivity index (χ0) is 34.9. The predicted molar refractivity (Wildman–Crippen MR) is 227 cm³/mol. The van der Waals surface area contributed by atoms with E-state index in [9.17, 15) is 0 Å². The molecular weight excluding hydrogens is 663 g/mol. The van der Waals surface area contributed by atoms with E-state index in [4.69, 9.17) is 4.42 Å². The van der Waals surface area contributed by atoms with Crippen LogP contribution >= 0.6 is 11.3 Å². The van der Waals surface area contributed by atoms with Crippen LogP contribution in [0.3, 0.4) is 0 Å². The Kier molecular flexibility index (Phi) is 6.76. The van der Waals surface area contributed by atoms with Gasteiger partial charge in [0.15, 0.2) is 0 Å². The predicted octanol–water partition coefficient (Wildman–Crippen LogP) is 15.1. The Labute approximate surface area is 310 Å². The topological polar surface area (TPSA) is 16.4 Å². The monoisotopic (exact) mass is 693 g/mol. The third-order valence-electron chi connectivity index (χ3n) is 10.6. The van der Waals surface area contributed by atoms with Crippen LogP contribution in [0.5, 0.6) is 0 Å². The number of thiophene rings is 1. The molecule has 0 aliphatic heterocycles. The SMILES string of the molecule is c1ccc(-c2ccc(N(c3ccc4oc5ccccc5c4c3)c3ccc4sc5cccc(-c6ccc7c(ccc8ccccc87)c6)c5c4c3)cc2)cc1. The zero-order valence-corrected chi connectivity index (χ0v) is 29.5. The van der Waals surface area contributed by atoms with Crippen molar-refractivity contribution in [1.29, 1.82) is 0 Å². The first kappa shape index (κ1) is 30.0. The first-order valence-corrected chi connectivity index (χ1v) is 18.8. The second-order valence-corrected chi connectivity index (χ2v) is 14.8. The quantitative estimate of drug-likeness (QED) is 0.167. The van der Waals surface area contributed by atoms with Crippen molar-refractivity contribution in [1.82, 2.24) is 0 Å². The van der Waals surface area contributed by atoms with Gasteiger partial charge in [-0.25, -0.2) is 0 Å². The molecule has 0 atom stereocenters. The first-order chi connectivity index (χ1) is 26.2. The van der Waals surface area contributed by atoms with Crippen LogP contribution in [0.2, 0.25) is 0 Å². The molecule has 0 amide bonds. The molecule has 2 aromatic heterocycles. The average Bonchev–Trinajstić information content (AvgIpc) is 3.79. The largest absolute Gasteiger partial charge is 0.456 e. The van der Waals surface area contributed by atoms with Gasteiger partial charge in [0, 0.05) is 48.0 Å². The Balaban J connectivity index is 1.10. The highest BCUT2D eigenvalue weighted by Gasteiger charge is 2.19. The van der Waals surface area contributed by atoms with Gasteiger partial charge in [-0.1, -0.05) is 121 Å². The van der Waals surface area contributed by atoms with Gasteiger partial charge in [0.05, 0.1) is 0 Å². The van der Waals surface area contributed by atoms with Gasteiger partial charge in [0.2, 0.25) is 0 Å². The maximum Gasteiger partial charge on any atom is 0.135 e. The molecular formula is C50H31NOS. The summed E-state index contributed by atoms with van der Waals surface area (Å²) in [4.78, 5) is 2.38. The van der Waals surface area contributed by atoms with Crippen LogP contribution in [0, 0.1) is 0 Å². The molecule has 0 fully saturated rings. The van der Waals surface area contributed by atoms with Gasteiger partial charge in [0.25, 0.3) is 0 Å². The summed E-state index contributed by atoms with van der Waals surface area (Å²) in [5.74, 6) is 0. The van der Waals surface area contributed by atoms with Crippen molar-refractivity contribution >= 4 is 92.1 Å². The first-order valence-electron chi connectivity index (χ1n) is 18.0. The van der Waals surface area contributed by atoms with E-state index < -0.39 is 0 Å². The van der Waals surface area contributed by atoms with E-state index in [2.05, 4.69) is 181 Å². The Morgan fingerprint density at radius 2 is 1.02 bits per heavy atom. The molecule has 0 spiro atoms. The molecule has 0 saturated heterocycles. The minimum Gasteiger partial charge on any atom is -0.456 e. The van der Waals surface area contributed by atoms with Gasteiger partial charge >= 0.3 is 0 Å². The Bertz CT molecular complexity index is 3170. The second-order valence-electron chi connectivity index (χ2n) is 13.7. The van der Waals surface area contributed by atoms with E-state index in [0.717, 1.165) is 39.0 Å². The summed E-state index contributed by atoms with van der Waals surface area (Å²) in [6, 6.07) is 68.1. The van der Waals surface area contributed by atoms with Crippen molar-refractivity contribution < 1.29 is 4.42 Å². The number of anilines is 3. The number of nitrogens with zero attached hydrogens (tertiary/aromatic N) is 1. The standard InChI is InChI=1S/C50H31NOS/c1-2-9-32(10-3-1)33-19-22-37(23-20-33)51(38-24-27-47-44(30-38)43-13-6-7-15-46(43)52-47)39-25-28-48-45(31-39)50-42(14-8-16-49(50)53-48)36-21-26-41-35(29-36)18-17-34-11-4-5-12-40(34)41/h1-31H. The number of para-hydroxylation sites is 1. The highest BCUT2D eigenvalue weighted by molar-refractivity contribution is 7.26. The van der Waals surface area contributed by atoms with E-state index in [1.54, 1.807) is 0 Å². The zero-order valence-electron chi connectivity index (χ0n) is 28.7. The fourth-order valence-corrected chi connectivity index (χ4v) is 9.22. The van der Waals surface area contributed by atoms with E-state index in [0.29, 0.717) is 0 Å². The third kappa shape index (κ3) is 4.93. The lowest BCUT2D eigenvalue weighted by molar-refractivity contribution is 0.669. The molecule has 2 nitrogen and oxygen atoms in total. The van der Waals surface area contributed by atoms with Crippen LogP contribution in [0.15, 0.2) is 192 Å². The number of hydrogen-bond donors (Lipinski definition) is 0. The minimum atomic E-state index is 0.890. The van der Waals surface area contributed by atoms with Crippen molar-refractivity contribution in [3.05, 3.63) is 188 Å². The Morgan fingerprint density at radius 3 is 1.91 bits per heavy atom. The molecule has 0 saturated carbocycles. The summed E-state index contributed by atoms with van der Waals surface area (Å²) in [7, 11) is 0. The van der Waals surface area contributed by atoms with E-state index >= 15 is 0 Å². The van der Waals surface area contributed by atoms with Gasteiger partial charge in [0.1, 0.15) is 11.2 Å². The Hall–Kier alpha value is -6.68. The lowest BCUT2D eigenvalue weighted by Crippen LogP contribution is -2.09. The van der Waals surface area contributed by atoms with Gasteiger partial charge in [-0.2, -0.15) is 0 Å². The fourth-order valence-electron chi connectivity index (χ4n) is 8.11. The molecule has 248 valence electrons. The molecule has 0 bridgehead atoms. The molecule has 0 aliphatic rings. The molecule has 0 N–H and O–H groups in total. The van der Waals surface area contributed by atoms with Crippen molar-refractivity contribution in [2.45, 2.75) is 0 Å². The van der Waals surface area contributed by atoms with Crippen LogP contribution in [0.4, 0.5) is 17.1 Å². The molecule has 11 aromatic rings. The molecule has 0 aliphatic carbocycles. The van der Waals surface area contributed by atoms with Crippen LogP contribution in [0.25, 0.3) is 85.9 Å². The third-order valence-corrected chi connectivity index (χ3v) is 11.8. The number of furan rings is 1. The molecule has 9 aromatic carbocycles.